The van der Waals surface area contributed by atoms with E-state index >= 15 is 0 Å². The van der Waals surface area contributed by atoms with Gasteiger partial charge in [-0.3, -0.25) is 0 Å². The smallest absolute Gasteiger partial charge is 0.231 e. The van der Waals surface area contributed by atoms with Crippen molar-refractivity contribution >= 4 is 0 Å². The number of benzene rings is 1. The van der Waals surface area contributed by atoms with Crippen LogP contribution in [0.2, 0.25) is 0 Å². The first-order valence-electron chi connectivity index (χ1n) is 8.21. The molecule has 23 heavy (non-hydrogen) atoms. The zero-order valence-corrected chi connectivity index (χ0v) is 13.2. The highest BCUT2D eigenvalue weighted by Crippen LogP contribution is 2.47. The lowest BCUT2D eigenvalue weighted by Crippen LogP contribution is -2.58. The van der Waals surface area contributed by atoms with E-state index in [9.17, 15) is 5.11 Å². The molecule has 0 aromatic heterocycles. The molecule has 3 heterocycles. The number of fused-ring (bicyclic) bond motifs is 6. The van der Waals surface area contributed by atoms with Crippen LogP contribution in [0.25, 0.3) is 0 Å². The summed E-state index contributed by atoms with van der Waals surface area (Å²) in [7, 11) is 0. The minimum Gasteiger partial charge on any atom is -0.454 e. The summed E-state index contributed by atoms with van der Waals surface area (Å²) in [5.74, 6) is 1.13. The first-order chi connectivity index (χ1) is 11.0. The van der Waals surface area contributed by atoms with Crippen LogP contribution in [0.1, 0.15) is 37.3 Å². The van der Waals surface area contributed by atoms with Crippen molar-refractivity contribution in [1.82, 2.24) is 5.32 Å². The fourth-order valence-corrected chi connectivity index (χ4v) is 4.47. The van der Waals surface area contributed by atoms with E-state index in [0.717, 1.165) is 18.0 Å². The lowest BCUT2D eigenvalue weighted by Gasteiger charge is -2.44. The van der Waals surface area contributed by atoms with Crippen molar-refractivity contribution in [1.29, 1.82) is 0 Å². The van der Waals surface area contributed by atoms with Gasteiger partial charge < -0.3 is 29.4 Å². The Morgan fingerprint density at radius 1 is 1.13 bits per heavy atom. The van der Waals surface area contributed by atoms with Gasteiger partial charge in [-0.05, 0) is 43.5 Å². The van der Waals surface area contributed by atoms with Gasteiger partial charge in [-0.1, -0.05) is 0 Å². The summed E-state index contributed by atoms with van der Waals surface area (Å²) in [4.78, 5) is 0. The first kappa shape index (κ1) is 14.0. The van der Waals surface area contributed by atoms with E-state index in [4.69, 9.17) is 18.9 Å². The van der Waals surface area contributed by atoms with E-state index in [2.05, 4.69) is 17.4 Å². The summed E-state index contributed by atoms with van der Waals surface area (Å²) in [5, 5.41) is 14.2. The molecule has 0 bridgehead atoms. The third kappa shape index (κ3) is 2.02. The van der Waals surface area contributed by atoms with Gasteiger partial charge in [0.1, 0.15) is 12.2 Å². The van der Waals surface area contributed by atoms with Crippen LogP contribution in [0.4, 0.5) is 0 Å². The van der Waals surface area contributed by atoms with Crippen LogP contribution in [0.15, 0.2) is 12.1 Å². The molecule has 1 aliphatic carbocycles. The molecule has 0 radical (unpaired) electrons. The Kier molecular flexibility index (Phi) is 2.81. The van der Waals surface area contributed by atoms with Gasteiger partial charge in [0.15, 0.2) is 17.3 Å². The Morgan fingerprint density at radius 3 is 2.70 bits per heavy atom. The number of hydrogen-bond acceptors (Lipinski definition) is 6. The predicted octanol–water partition coefficient (Wildman–Crippen LogP) is 1.26. The van der Waals surface area contributed by atoms with E-state index in [1.54, 1.807) is 0 Å². The molecule has 1 aromatic rings. The molecule has 3 aliphatic heterocycles. The van der Waals surface area contributed by atoms with Gasteiger partial charge in [-0.15, -0.1) is 0 Å². The van der Waals surface area contributed by atoms with Crippen molar-refractivity contribution in [2.24, 2.45) is 0 Å². The van der Waals surface area contributed by atoms with E-state index in [-0.39, 0.29) is 31.0 Å². The lowest BCUT2D eigenvalue weighted by atomic mass is 9.72. The van der Waals surface area contributed by atoms with E-state index in [0.29, 0.717) is 6.42 Å². The maximum absolute atomic E-state index is 10.6. The van der Waals surface area contributed by atoms with Gasteiger partial charge in [0, 0.05) is 18.5 Å². The van der Waals surface area contributed by atoms with E-state index in [1.165, 1.54) is 11.1 Å². The molecule has 1 saturated carbocycles. The Bertz CT molecular complexity index is 661. The van der Waals surface area contributed by atoms with Gasteiger partial charge in [0.25, 0.3) is 0 Å². The van der Waals surface area contributed by atoms with Crippen molar-refractivity contribution in [3.8, 4) is 11.5 Å². The SMILES string of the molecule is CC1(C)O[C@H]2[C@@H]3NCc4cc5c(cc4[C@H]3C[C@H](O)[C@H]2O1)OCO5. The maximum Gasteiger partial charge on any atom is 0.231 e. The standard InChI is InChI=1S/C17H21NO5/c1-17(2)22-15-11(19)4-10-9-5-13-12(20-7-21-13)3-8(9)6-18-14(10)16(15)23-17/h3,5,10-11,14-16,18-19H,4,6-7H2,1-2H3/t10-,11+,14-,15-,16+/m1/s1. The van der Waals surface area contributed by atoms with Crippen molar-refractivity contribution in [3.63, 3.8) is 0 Å². The third-order valence-electron chi connectivity index (χ3n) is 5.39. The molecular formula is C17H21NO5. The van der Waals surface area contributed by atoms with Crippen LogP contribution in [-0.2, 0) is 16.0 Å². The summed E-state index contributed by atoms with van der Waals surface area (Å²) in [6.07, 6.45) is -0.280. The number of rotatable bonds is 0. The summed E-state index contributed by atoms with van der Waals surface area (Å²) >= 11 is 0. The topological polar surface area (TPSA) is 69.2 Å². The third-order valence-corrected chi connectivity index (χ3v) is 5.39. The fraction of sp³-hybridized carbons (Fsp3) is 0.647. The molecule has 0 amide bonds. The summed E-state index contributed by atoms with van der Waals surface area (Å²) in [6.45, 7) is 4.85. The molecule has 124 valence electrons. The average Bonchev–Trinajstić information content (AvgIpc) is 3.08. The van der Waals surface area contributed by atoms with Crippen molar-refractivity contribution in [3.05, 3.63) is 23.3 Å². The van der Waals surface area contributed by atoms with Crippen LogP contribution in [0.5, 0.6) is 11.5 Å². The minimum atomic E-state index is -0.651. The second-order valence-corrected chi connectivity index (χ2v) is 7.29. The van der Waals surface area contributed by atoms with Crippen molar-refractivity contribution < 1.29 is 24.1 Å². The largest absolute Gasteiger partial charge is 0.454 e. The zero-order valence-electron chi connectivity index (χ0n) is 13.2. The molecule has 0 unspecified atom stereocenters. The molecule has 1 saturated heterocycles. The highest BCUT2D eigenvalue weighted by Gasteiger charge is 2.55. The minimum absolute atomic E-state index is 0.137. The van der Waals surface area contributed by atoms with Crippen molar-refractivity contribution in [2.45, 2.75) is 62.9 Å². The van der Waals surface area contributed by atoms with E-state index < -0.39 is 11.9 Å². The molecule has 4 aliphatic rings. The van der Waals surface area contributed by atoms with Gasteiger partial charge in [0.05, 0.1) is 6.10 Å². The Balaban J connectivity index is 1.54. The van der Waals surface area contributed by atoms with Crippen LogP contribution in [0.3, 0.4) is 0 Å². The average molecular weight is 319 g/mol. The van der Waals surface area contributed by atoms with Crippen LogP contribution in [0, 0.1) is 0 Å². The van der Waals surface area contributed by atoms with E-state index in [1.807, 2.05) is 13.8 Å². The number of ether oxygens (including phenoxy) is 4. The molecular weight excluding hydrogens is 298 g/mol. The van der Waals surface area contributed by atoms with Gasteiger partial charge in [-0.2, -0.15) is 0 Å². The first-order valence-corrected chi connectivity index (χ1v) is 8.21. The molecule has 1 aromatic carbocycles. The normalized spacial score (nSPS) is 39.5. The van der Waals surface area contributed by atoms with Crippen LogP contribution in [-0.4, -0.2) is 42.0 Å². The molecule has 5 rings (SSSR count). The van der Waals surface area contributed by atoms with Gasteiger partial charge >= 0.3 is 0 Å². The highest BCUT2D eigenvalue weighted by molar-refractivity contribution is 5.51. The molecule has 0 spiro atoms. The number of aliphatic hydroxyl groups excluding tert-OH is 1. The molecule has 6 nitrogen and oxygen atoms in total. The summed E-state index contributed by atoms with van der Waals surface area (Å²) in [5.41, 5.74) is 2.43. The van der Waals surface area contributed by atoms with Crippen LogP contribution >= 0.6 is 0 Å². The second-order valence-electron chi connectivity index (χ2n) is 7.29. The van der Waals surface area contributed by atoms with Crippen molar-refractivity contribution in [2.75, 3.05) is 6.79 Å². The second kappa shape index (κ2) is 4.60. The molecule has 5 atom stereocenters. The number of hydrogen-bond donors (Lipinski definition) is 2. The van der Waals surface area contributed by atoms with Gasteiger partial charge in [0.2, 0.25) is 6.79 Å². The Hall–Kier alpha value is -1.34. The molecule has 2 fully saturated rings. The quantitative estimate of drug-likeness (QED) is 0.750. The van der Waals surface area contributed by atoms with Gasteiger partial charge in [-0.25, -0.2) is 0 Å². The summed E-state index contributed by atoms with van der Waals surface area (Å²) < 4.78 is 23.0. The summed E-state index contributed by atoms with van der Waals surface area (Å²) in [6, 6.07) is 4.26. The zero-order chi connectivity index (χ0) is 15.8. The molecule has 2 N–H and O–H groups in total. The Morgan fingerprint density at radius 2 is 1.87 bits per heavy atom. The maximum atomic E-state index is 10.6. The lowest BCUT2D eigenvalue weighted by molar-refractivity contribution is -0.154. The number of nitrogens with one attached hydrogen (secondary N) is 1. The highest BCUT2D eigenvalue weighted by atomic mass is 16.8. The number of aliphatic hydroxyl groups is 1. The van der Waals surface area contributed by atoms with Crippen LogP contribution < -0.4 is 14.8 Å². The monoisotopic (exact) mass is 319 g/mol. The predicted molar refractivity (Wildman–Crippen MR) is 80.4 cm³/mol. The Labute approximate surface area is 134 Å². The molecule has 6 heteroatoms. The fourth-order valence-electron chi connectivity index (χ4n) is 4.47.